The van der Waals surface area contributed by atoms with Gasteiger partial charge in [0.15, 0.2) is 0 Å². The van der Waals surface area contributed by atoms with Crippen LogP contribution in [0.15, 0.2) is 41.9 Å². The van der Waals surface area contributed by atoms with Crippen molar-refractivity contribution in [2.45, 2.75) is 44.6 Å². The summed E-state index contributed by atoms with van der Waals surface area (Å²) in [5, 5.41) is 3.12. The Bertz CT molecular complexity index is 1060. The van der Waals surface area contributed by atoms with Crippen molar-refractivity contribution in [3.8, 4) is 11.4 Å². The van der Waals surface area contributed by atoms with E-state index in [1.807, 2.05) is 30.2 Å². The quantitative estimate of drug-likeness (QED) is 0.601. The highest BCUT2D eigenvalue weighted by atomic mass is 32.1. The molecule has 0 radical (unpaired) electrons. The first-order valence-electron chi connectivity index (χ1n) is 10.1. The van der Waals surface area contributed by atoms with Crippen LogP contribution < -0.4 is 0 Å². The second kappa shape index (κ2) is 7.34. The third-order valence-electron chi connectivity index (χ3n) is 6.06. The molecule has 2 aromatic heterocycles. The van der Waals surface area contributed by atoms with Crippen LogP contribution >= 0.6 is 11.3 Å². The Kier molecular flexibility index (Phi) is 4.66. The molecule has 2 atom stereocenters. The van der Waals surface area contributed by atoms with Crippen molar-refractivity contribution in [3.63, 3.8) is 0 Å². The Morgan fingerprint density at radius 2 is 2.03 bits per heavy atom. The average Bonchev–Trinajstić information content (AvgIpc) is 3.18. The number of hydrogen-bond acceptors (Lipinski definition) is 4. The number of aryl methyl sites for hydroxylation is 2. The van der Waals surface area contributed by atoms with E-state index in [1.54, 1.807) is 17.4 Å². The maximum Gasteiger partial charge on any atom is 0.254 e. The molecule has 0 spiro atoms. The number of halogens is 1. The first-order valence-corrected chi connectivity index (χ1v) is 10.9. The Morgan fingerprint density at radius 3 is 2.86 bits per heavy atom. The van der Waals surface area contributed by atoms with E-state index in [1.165, 1.54) is 12.1 Å². The zero-order valence-corrected chi connectivity index (χ0v) is 17.1. The molecular formula is C23H22FN3OS. The fourth-order valence-corrected chi connectivity index (χ4v) is 5.39. The summed E-state index contributed by atoms with van der Waals surface area (Å²) in [6.45, 7) is 2.70. The van der Waals surface area contributed by atoms with Crippen LogP contribution in [0, 0.1) is 12.7 Å². The predicted molar refractivity (Wildman–Crippen MR) is 112 cm³/mol. The molecule has 0 aliphatic carbocycles. The highest BCUT2D eigenvalue weighted by Gasteiger charge is 2.36. The lowest BCUT2D eigenvalue weighted by Gasteiger charge is -2.38. The van der Waals surface area contributed by atoms with E-state index in [2.05, 4.69) is 10.4 Å². The summed E-state index contributed by atoms with van der Waals surface area (Å²) < 4.78 is 13.6. The molecule has 29 heavy (non-hydrogen) atoms. The number of piperidine rings is 1. The normalized spacial score (nSPS) is 21.4. The summed E-state index contributed by atoms with van der Waals surface area (Å²) in [6, 6.07) is 8.82. The highest BCUT2D eigenvalue weighted by molar-refractivity contribution is 7.10. The van der Waals surface area contributed by atoms with Gasteiger partial charge in [-0.2, -0.15) is 0 Å². The molecule has 3 aromatic rings. The molecule has 1 aromatic carbocycles. The molecule has 5 rings (SSSR count). The van der Waals surface area contributed by atoms with E-state index >= 15 is 0 Å². The van der Waals surface area contributed by atoms with Crippen molar-refractivity contribution >= 4 is 17.2 Å². The average molecular weight is 408 g/mol. The van der Waals surface area contributed by atoms with Gasteiger partial charge < -0.3 is 4.90 Å². The molecular weight excluding hydrogens is 385 g/mol. The number of amides is 1. The van der Waals surface area contributed by atoms with Crippen molar-refractivity contribution in [2.75, 3.05) is 6.54 Å². The third kappa shape index (κ3) is 3.46. The Balaban J connectivity index is 1.39. The number of aromatic nitrogens is 2. The molecule has 148 valence electrons. The number of benzene rings is 1. The SMILES string of the molecule is Cc1ccc(-c2csc([C@H]3CC[C@H]4CCc5cc(F)ccc5C(=O)N4C3)n2)nc1. The van der Waals surface area contributed by atoms with E-state index in [0.717, 1.165) is 53.2 Å². The summed E-state index contributed by atoms with van der Waals surface area (Å²) in [7, 11) is 0. The van der Waals surface area contributed by atoms with E-state index in [0.29, 0.717) is 12.1 Å². The topological polar surface area (TPSA) is 46.1 Å². The molecule has 1 amide bonds. The van der Waals surface area contributed by atoms with E-state index in [-0.39, 0.29) is 23.7 Å². The summed E-state index contributed by atoms with van der Waals surface area (Å²) in [5.74, 6) is -0.0000869. The summed E-state index contributed by atoms with van der Waals surface area (Å²) in [5.41, 5.74) is 4.40. The van der Waals surface area contributed by atoms with Crippen LogP contribution in [0.2, 0.25) is 0 Å². The molecule has 0 unspecified atom stereocenters. The number of carbonyl (C=O) groups excluding carboxylic acids is 1. The van der Waals surface area contributed by atoms with E-state index in [9.17, 15) is 9.18 Å². The van der Waals surface area contributed by atoms with Crippen molar-refractivity contribution < 1.29 is 9.18 Å². The number of rotatable bonds is 2. The lowest BCUT2D eigenvalue weighted by Crippen LogP contribution is -2.45. The molecule has 6 heteroatoms. The van der Waals surface area contributed by atoms with Gasteiger partial charge in [-0.1, -0.05) is 6.07 Å². The van der Waals surface area contributed by atoms with Gasteiger partial charge in [-0.05, 0) is 68.0 Å². The lowest BCUT2D eigenvalue weighted by molar-refractivity contribution is 0.0588. The van der Waals surface area contributed by atoms with Gasteiger partial charge in [0.25, 0.3) is 5.91 Å². The molecule has 1 saturated heterocycles. The fraction of sp³-hybridized carbons (Fsp3) is 0.348. The Hall–Kier alpha value is -2.60. The van der Waals surface area contributed by atoms with Crippen molar-refractivity contribution in [3.05, 3.63) is 69.4 Å². The Morgan fingerprint density at radius 1 is 1.14 bits per heavy atom. The molecule has 0 bridgehead atoms. The van der Waals surface area contributed by atoms with Gasteiger partial charge in [-0.15, -0.1) is 11.3 Å². The number of thiazole rings is 1. The molecule has 2 aliphatic rings. The zero-order valence-electron chi connectivity index (χ0n) is 16.3. The van der Waals surface area contributed by atoms with Gasteiger partial charge in [0.2, 0.25) is 0 Å². The van der Waals surface area contributed by atoms with Crippen LogP contribution in [0.4, 0.5) is 4.39 Å². The minimum absolute atomic E-state index is 0.0316. The minimum atomic E-state index is -0.269. The zero-order chi connectivity index (χ0) is 20.0. The van der Waals surface area contributed by atoms with Crippen LogP contribution in [0.5, 0.6) is 0 Å². The van der Waals surface area contributed by atoms with Crippen LogP contribution in [0.1, 0.15) is 51.7 Å². The predicted octanol–water partition coefficient (Wildman–Crippen LogP) is 4.99. The molecule has 4 nitrogen and oxygen atoms in total. The van der Waals surface area contributed by atoms with Crippen molar-refractivity contribution in [1.29, 1.82) is 0 Å². The Labute approximate surface area is 173 Å². The van der Waals surface area contributed by atoms with E-state index in [4.69, 9.17) is 4.98 Å². The largest absolute Gasteiger partial charge is 0.335 e. The summed E-state index contributed by atoms with van der Waals surface area (Å²) >= 11 is 1.65. The smallest absolute Gasteiger partial charge is 0.254 e. The molecule has 1 fully saturated rings. The fourth-order valence-electron chi connectivity index (χ4n) is 4.44. The number of hydrogen-bond donors (Lipinski definition) is 0. The maximum atomic E-state index is 13.6. The standard InChI is InChI=1S/C23H22FN3OS/c1-14-2-9-20(25-11-14)21-13-29-22(26-21)16-4-7-18-6-3-15-10-17(24)5-8-19(15)23(28)27(18)12-16/h2,5,8-11,13,16,18H,3-4,6-7,12H2,1H3/t16-,18+/m0/s1. The minimum Gasteiger partial charge on any atom is -0.335 e. The number of nitrogens with zero attached hydrogens (tertiary/aromatic N) is 3. The number of fused-ring (bicyclic) bond motifs is 2. The van der Waals surface area contributed by atoms with Gasteiger partial charge in [-0.3, -0.25) is 9.78 Å². The monoisotopic (exact) mass is 407 g/mol. The number of pyridine rings is 1. The van der Waals surface area contributed by atoms with Crippen LogP contribution in [-0.2, 0) is 6.42 Å². The summed E-state index contributed by atoms with van der Waals surface area (Å²) in [4.78, 5) is 24.5. The van der Waals surface area contributed by atoms with Gasteiger partial charge >= 0.3 is 0 Å². The maximum absolute atomic E-state index is 13.6. The van der Waals surface area contributed by atoms with Crippen LogP contribution in [0.3, 0.4) is 0 Å². The van der Waals surface area contributed by atoms with Gasteiger partial charge in [0.05, 0.1) is 16.4 Å². The second-order valence-corrected chi connectivity index (χ2v) is 8.91. The first-order chi connectivity index (χ1) is 14.1. The molecule has 4 heterocycles. The van der Waals surface area contributed by atoms with Gasteiger partial charge in [0, 0.05) is 35.6 Å². The molecule has 0 N–H and O–H groups in total. The molecule has 0 saturated carbocycles. The first kappa shape index (κ1) is 18.4. The van der Waals surface area contributed by atoms with Crippen molar-refractivity contribution in [2.24, 2.45) is 0 Å². The van der Waals surface area contributed by atoms with Crippen LogP contribution in [0.25, 0.3) is 11.4 Å². The van der Waals surface area contributed by atoms with Crippen LogP contribution in [-0.4, -0.2) is 33.4 Å². The summed E-state index contributed by atoms with van der Waals surface area (Å²) in [6.07, 6.45) is 5.49. The van der Waals surface area contributed by atoms with E-state index < -0.39 is 0 Å². The number of carbonyl (C=O) groups is 1. The third-order valence-corrected chi connectivity index (χ3v) is 7.06. The van der Waals surface area contributed by atoms with Gasteiger partial charge in [-0.25, -0.2) is 9.37 Å². The van der Waals surface area contributed by atoms with Crippen molar-refractivity contribution in [1.82, 2.24) is 14.9 Å². The molecule has 2 aliphatic heterocycles. The van der Waals surface area contributed by atoms with Gasteiger partial charge in [0.1, 0.15) is 5.82 Å². The lowest BCUT2D eigenvalue weighted by atomic mass is 9.91. The second-order valence-electron chi connectivity index (χ2n) is 8.02. The highest BCUT2D eigenvalue weighted by Crippen LogP contribution is 2.37.